The molecule has 0 N–H and O–H groups in total. The van der Waals surface area contributed by atoms with Crippen LogP contribution in [0.5, 0.6) is 0 Å². The van der Waals surface area contributed by atoms with E-state index in [0.29, 0.717) is 12.0 Å². The third-order valence-corrected chi connectivity index (χ3v) is 4.29. The van der Waals surface area contributed by atoms with Gasteiger partial charge in [-0.2, -0.15) is 0 Å². The van der Waals surface area contributed by atoms with Gasteiger partial charge < -0.3 is 4.57 Å². The van der Waals surface area contributed by atoms with E-state index in [1.54, 1.807) is 0 Å². The summed E-state index contributed by atoms with van der Waals surface area (Å²) in [5.41, 5.74) is 3.27. The summed E-state index contributed by atoms with van der Waals surface area (Å²) in [6.45, 7) is 6.85. The predicted molar refractivity (Wildman–Crippen MR) is 88.4 cm³/mol. The SMILES string of the molecule is CCCC[C@H](C(C)C)n1cnc2cnc3ccccc3c21. The van der Waals surface area contributed by atoms with E-state index in [0.717, 1.165) is 11.0 Å². The van der Waals surface area contributed by atoms with Crippen molar-refractivity contribution in [1.29, 1.82) is 0 Å². The number of benzene rings is 1. The zero-order chi connectivity index (χ0) is 14.8. The quantitative estimate of drug-likeness (QED) is 0.661. The molecule has 3 rings (SSSR count). The van der Waals surface area contributed by atoms with Crippen molar-refractivity contribution >= 4 is 21.9 Å². The number of hydrogen-bond acceptors (Lipinski definition) is 2. The molecule has 21 heavy (non-hydrogen) atoms. The van der Waals surface area contributed by atoms with Crippen LogP contribution in [0.15, 0.2) is 36.8 Å². The average molecular weight is 281 g/mol. The van der Waals surface area contributed by atoms with Crippen LogP contribution in [0.4, 0.5) is 0 Å². The Morgan fingerprint density at radius 2 is 1.90 bits per heavy atom. The molecular weight excluding hydrogens is 258 g/mol. The normalized spacial score (nSPS) is 13.3. The Balaban J connectivity index is 2.19. The molecule has 0 radical (unpaired) electrons. The van der Waals surface area contributed by atoms with E-state index in [4.69, 9.17) is 0 Å². The first-order valence-corrected chi connectivity index (χ1v) is 7.92. The first kappa shape index (κ1) is 14.1. The van der Waals surface area contributed by atoms with E-state index in [2.05, 4.69) is 53.5 Å². The van der Waals surface area contributed by atoms with Crippen LogP contribution in [0.1, 0.15) is 46.1 Å². The average Bonchev–Trinajstić information content (AvgIpc) is 2.92. The van der Waals surface area contributed by atoms with Gasteiger partial charge in [0.25, 0.3) is 0 Å². The number of nitrogens with zero attached hydrogens (tertiary/aromatic N) is 3. The molecule has 1 atom stereocenters. The molecule has 0 saturated carbocycles. The highest BCUT2D eigenvalue weighted by Crippen LogP contribution is 2.31. The zero-order valence-electron chi connectivity index (χ0n) is 13.1. The van der Waals surface area contributed by atoms with Crippen LogP contribution in [-0.2, 0) is 0 Å². The van der Waals surface area contributed by atoms with Crippen molar-refractivity contribution < 1.29 is 0 Å². The Labute approximate surface area is 126 Å². The number of fused-ring (bicyclic) bond motifs is 3. The van der Waals surface area contributed by atoms with Crippen molar-refractivity contribution in [3.63, 3.8) is 0 Å². The molecular formula is C18H23N3. The molecule has 0 bridgehead atoms. The van der Waals surface area contributed by atoms with Gasteiger partial charge in [-0.3, -0.25) is 4.98 Å². The summed E-state index contributed by atoms with van der Waals surface area (Å²) < 4.78 is 2.37. The number of imidazole rings is 1. The van der Waals surface area contributed by atoms with Crippen LogP contribution in [0.2, 0.25) is 0 Å². The molecule has 0 amide bonds. The summed E-state index contributed by atoms with van der Waals surface area (Å²) in [6.07, 6.45) is 7.59. The molecule has 3 aromatic rings. The minimum atomic E-state index is 0.501. The molecule has 0 aliphatic heterocycles. The molecule has 1 aromatic carbocycles. The smallest absolute Gasteiger partial charge is 0.107 e. The van der Waals surface area contributed by atoms with E-state index in [9.17, 15) is 0 Å². The van der Waals surface area contributed by atoms with E-state index < -0.39 is 0 Å². The molecule has 3 heteroatoms. The molecule has 0 fully saturated rings. The first-order chi connectivity index (χ1) is 10.2. The highest BCUT2D eigenvalue weighted by atomic mass is 15.1. The Morgan fingerprint density at radius 1 is 1.10 bits per heavy atom. The third kappa shape index (κ3) is 2.53. The summed E-state index contributed by atoms with van der Waals surface area (Å²) in [5, 5.41) is 1.20. The molecule has 110 valence electrons. The number of rotatable bonds is 5. The number of unbranched alkanes of at least 4 members (excludes halogenated alkanes) is 1. The number of para-hydroxylation sites is 1. The molecule has 3 nitrogen and oxygen atoms in total. The van der Waals surface area contributed by atoms with Crippen molar-refractivity contribution in [2.24, 2.45) is 5.92 Å². The lowest BCUT2D eigenvalue weighted by Gasteiger charge is -2.23. The maximum Gasteiger partial charge on any atom is 0.107 e. The summed E-state index contributed by atoms with van der Waals surface area (Å²) in [4.78, 5) is 9.09. The summed E-state index contributed by atoms with van der Waals surface area (Å²) in [6, 6.07) is 8.85. The molecule has 0 spiro atoms. The van der Waals surface area contributed by atoms with Crippen molar-refractivity contribution in [3.05, 3.63) is 36.8 Å². The molecule has 2 aromatic heterocycles. The van der Waals surface area contributed by atoms with Crippen LogP contribution in [-0.4, -0.2) is 14.5 Å². The van der Waals surface area contributed by atoms with Gasteiger partial charge in [0, 0.05) is 11.4 Å². The second-order valence-corrected chi connectivity index (χ2v) is 6.11. The second-order valence-electron chi connectivity index (χ2n) is 6.11. The maximum absolute atomic E-state index is 4.58. The van der Waals surface area contributed by atoms with Crippen molar-refractivity contribution in [2.45, 2.75) is 46.1 Å². The molecule has 0 aliphatic carbocycles. The number of aromatic nitrogens is 3. The van der Waals surface area contributed by atoms with Crippen LogP contribution < -0.4 is 0 Å². The fourth-order valence-corrected chi connectivity index (χ4v) is 3.12. The van der Waals surface area contributed by atoms with Crippen molar-refractivity contribution in [1.82, 2.24) is 14.5 Å². The minimum Gasteiger partial charge on any atom is -0.327 e. The van der Waals surface area contributed by atoms with Crippen LogP contribution >= 0.6 is 0 Å². The minimum absolute atomic E-state index is 0.501. The van der Waals surface area contributed by atoms with Crippen LogP contribution in [0.25, 0.3) is 21.9 Å². The van der Waals surface area contributed by atoms with Crippen LogP contribution in [0, 0.1) is 5.92 Å². The molecule has 0 aliphatic rings. The van der Waals surface area contributed by atoms with E-state index in [1.165, 1.54) is 30.2 Å². The third-order valence-electron chi connectivity index (χ3n) is 4.29. The first-order valence-electron chi connectivity index (χ1n) is 7.92. The van der Waals surface area contributed by atoms with E-state index in [-0.39, 0.29) is 0 Å². The van der Waals surface area contributed by atoms with Gasteiger partial charge in [-0.25, -0.2) is 4.98 Å². The standard InChI is InChI=1S/C18H23N3/c1-4-5-10-17(13(2)3)21-12-20-16-11-19-15-9-7-6-8-14(15)18(16)21/h6-9,11-13,17H,4-5,10H2,1-3H3/t17-/m1/s1. The van der Waals surface area contributed by atoms with E-state index in [1.807, 2.05) is 18.6 Å². The van der Waals surface area contributed by atoms with Gasteiger partial charge >= 0.3 is 0 Å². The van der Waals surface area contributed by atoms with Gasteiger partial charge in [0.15, 0.2) is 0 Å². The van der Waals surface area contributed by atoms with E-state index >= 15 is 0 Å². The van der Waals surface area contributed by atoms with Gasteiger partial charge in [-0.05, 0) is 18.4 Å². The van der Waals surface area contributed by atoms with Gasteiger partial charge in [0.2, 0.25) is 0 Å². The Hall–Kier alpha value is -1.90. The lowest BCUT2D eigenvalue weighted by atomic mass is 9.98. The lowest BCUT2D eigenvalue weighted by molar-refractivity contribution is 0.352. The largest absolute Gasteiger partial charge is 0.327 e. The number of hydrogen-bond donors (Lipinski definition) is 0. The molecule has 0 unspecified atom stereocenters. The Morgan fingerprint density at radius 3 is 2.67 bits per heavy atom. The highest BCUT2D eigenvalue weighted by molar-refractivity contribution is 6.01. The topological polar surface area (TPSA) is 30.7 Å². The van der Waals surface area contributed by atoms with Crippen LogP contribution in [0.3, 0.4) is 0 Å². The van der Waals surface area contributed by atoms with Gasteiger partial charge in [0.1, 0.15) is 5.52 Å². The highest BCUT2D eigenvalue weighted by Gasteiger charge is 2.18. The fourth-order valence-electron chi connectivity index (χ4n) is 3.12. The predicted octanol–water partition coefficient (Wildman–Crippen LogP) is 4.97. The Bertz CT molecular complexity index is 742. The van der Waals surface area contributed by atoms with Gasteiger partial charge in [-0.15, -0.1) is 0 Å². The summed E-state index contributed by atoms with van der Waals surface area (Å²) in [5.74, 6) is 0.598. The van der Waals surface area contributed by atoms with Gasteiger partial charge in [-0.1, -0.05) is 51.8 Å². The number of pyridine rings is 1. The molecule has 0 saturated heterocycles. The Kier molecular flexibility index (Phi) is 3.91. The maximum atomic E-state index is 4.58. The summed E-state index contributed by atoms with van der Waals surface area (Å²) in [7, 11) is 0. The van der Waals surface area contributed by atoms with Crippen molar-refractivity contribution in [3.8, 4) is 0 Å². The monoisotopic (exact) mass is 281 g/mol. The summed E-state index contributed by atoms with van der Waals surface area (Å²) >= 11 is 0. The lowest BCUT2D eigenvalue weighted by Crippen LogP contribution is -2.14. The second kappa shape index (κ2) is 5.84. The zero-order valence-corrected chi connectivity index (χ0v) is 13.1. The molecule has 2 heterocycles. The van der Waals surface area contributed by atoms with Gasteiger partial charge in [0.05, 0.1) is 23.6 Å². The fraction of sp³-hybridized carbons (Fsp3) is 0.444. The van der Waals surface area contributed by atoms with Crippen molar-refractivity contribution in [2.75, 3.05) is 0 Å².